The number of fused-ring (bicyclic) bond motifs is 1. The van der Waals surface area contributed by atoms with E-state index in [9.17, 15) is 9.50 Å². The van der Waals surface area contributed by atoms with E-state index in [0.29, 0.717) is 12.4 Å². The predicted molar refractivity (Wildman–Crippen MR) is 104 cm³/mol. The molecule has 1 atom stereocenters. The molecule has 0 bridgehead atoms. The van der Waals surface area contributed by atoms with Gasteiger partial charge in [0.15, 0.2) is 5.82 Å². The third-order valence-electron chi connectivity index (χ3n) is 5.00. The maximum atomic E-state index is 13.4. The highest BCUT2D eigenvalue weighted by atomic mass is 35.5. The van der Waals surface area contributed by atoms with Gasteiger partial charge in [0.05, 0.1) is 5.69 Å². The maximum absolute atomic E-state index is 13.4. The van der Waals surface area contributed by atoms with Gasteiger partial charge < -0.3 is 5.11 Å². The van der Waals surface area contributed by atoms with Crippen LogP contribution in [0.2, 0.25) is 0 Å². The van der Waals surface area contributed by atoms with Gasteiger partial charge in [-0.15, -0.1) is 12.4 Å². The molecule has 0 fully saturated rings. The van der Waals surface area contributed by atoms with E-state index in [4.69, 9.17) is 0 Å². The van der Waals surface area contributed by atoms with Gasteiger partial charge in [0.2, 0.25) is 5.88 Å². The Bertz CT molecular complexity index is 916. The first kappa shape index (κ1) is 19.3. The highest BCUT2D eigenvalue weighted by Crippen LogP contribution is 2.32. The SMILES string of the molecule is CN(Cc1cccc(F)c1)C1CCc2nn(-c3ccccn3)c(O)c2C1.Cl. The zero-order chi connectivity index (χ0) is 18.1. The number of aromatic nitrogens is 3. The molecule has 3 aromatic rings. The van der Waals surface area contributed by atoms with E-state index < -0.39 is 0 Å². The first-order valence-electron chi connectivity index (χ1n) is 8.77. The Kier molecular flexibility index (Phi) is 5.77. The lowest BCUT2D eigenvalue weighted by molar-refractivity contribution is 0.212. The molecule has 0 amide bonds. The Labute approximate surface area is 163 Å². The number of hydrogen-bond acceptors (Lipinski definition) is 4. The summed E-state index contributed by atoms with van der Waals surface area (Å²) in [7, 11) is 2.04. The molecule has 4 rings (SSSR count). The van der Waals surface area contributed by atoms with Gasteiger partial charge in [-0.05, 0) is 56.1 Å². The van der Waals surface area contributed by atoms with Crippen LogP contribution in [0.4, 0.5) is 4.39 Å². The lowest BCUT2D eigenvalue weighted by Crippen LogP contribution is -2.35. The number of nitrogens with zero attached hydrogens (tertiary/aromatic N) is 4. The molecule has 142 valence electrons. The third kappa shape index (κ3) is 3.96. The van der Waals surface area contributed by atoms with E-state index in [0.717, 1.165) is 36.1 Å². The van der Waals surface area contributed by atoms with E-state index >= 15 is 0 Å². The summed E-state index contributed by atoms with van der Waals surface area (Å²) in [5.41, 5.74) is 2.77. The molecule has 27 heavy (non-hydrogen) atoms. The Morgan fingerprint density at radius 2 is 2.11 bits per heavy atom. The molecule has 5 nitrogen and oxygen atoms in total. The van der Waals surface area contributed by atoms with Gasteiger partial charge in [0.25, 0.3) is 0 Å². The van der Waals surface area contributed by atoms with Gasteiger partial charge >= 0.3 is 0 Å². The highest BCUT2D eigenvalue weighted by Gasteiger charge is 2.28. The fourth-order valence-electron chi connectivity index (χ4n) is 3.60. The van der Waals surface area contributed by atoms with Crippen molar-refractivity contribution in [1.82, 2.24) is 19.7 Å². The quantitative estimate of drug-likeness (QED) is 0.743. The summed E-state index contributed by atoms with van der Waals surface area (Å²) in [5, 5.41) is 15.2. The number of aromatic hydroxyl groups is 1. The zero-order valence-electron chi connectivity index (χ0n) is 15.0. The highest BCUT2D eigenvalue weighted by molar-refractivity contribution is 5.85. The largest absolute Gasteiger partial charge is 0.493 e. The van der Waals surface area contributed by atoms with Crippen LogP contribution in [0.5, 0.6) is 5.88 Å². The fraction of sp³-hybridized carbons (Fsp3) is 0.300. The minimum Gasteiger partial charge on any atom is -0.493 e. The van der Waals surface area contributed by atoms with E-state index in [1.54, 1.807) is 18.3 Å². The second-order valence-corrected chi connectivity index (χ2v) is 6.79. The molecule has 0 saturated carbocycles. The molecule has 2 aromatic heterocycles. The van der Waals surface area contributed by atoms with Crippen LogP contribution >= 0.6 is 12.4 Å². The van der Waals surface area contributed by atoms with Gasteiger partial charge in [0.1, 0.15) is 5.82 Å². The number of likely N-dealkylation sites (N-methyl/N-ethyl adjacent to an activating group) is 1. The van der Waals surface area contributed by atoms with E-state index in [-0.39, 0.29) is 30.1 Å². The Balaban J connectivity index is 0.00000210. The standard InChI is InChI=1S/C20H21FN4O.ClH/c1-24(13-14-5-4-6-15(21)11-14)16-8-9-18-17(12-16)20(26)25(23-18)19-7-2-3-10-22-19;/h2-7,10-11,16,26H,8-9,12-13H2,1H3;1H. The van der Waals surface area contributed by atoms with Crippen LogP contribution in [0.1, 0.15) is 23.2 Å². The number of hydrogen-bond donors (Lipinski definition) is 1. The van der Waals surface area contributed by atoms with Gasteiger partial charge in [-0.3, -0.25) is 4.90 Å². The number of benzene rings is 1. The van der Waals surface area contributed by atoms with Crippen molar-refractivity contribution in [1.29, 1.82) is 0 Å². The van der Waals surface area contributed by atoms with Crippen molar-refractivity contribution in [2.24, 2.45) is 0 Å². The molecule has 0 aliphatic heterocycles. The average Bonchev–Trinajstić information content (AvgIpc) is 2.99. The molecular weight excluding hydrogens is 367 g/mol. The number of aryl methyl sites for hydroxylation is 1. The van der Waals surface area contributed by atoms with Gasteiger partial charge in [-0.2, -0.15) is 9.78 Å². The monoisotopic (exact) mass is 388 g/mol. The molecule has 1 aliphatic carbocycles. The van der Waals surface area contributed by atoms with Crippen LogP contribution in [0.15, 0.2) is 48.7 Å². The molecule has 0 saturated heterocycles. The van der Waals surface area contributed by atoms with Crippen molar-refractivity contribution in [3.05, 3.63) is 71.3 Å². The number of halogens is 2. The van der Waals surface area contributed by atoms with Crippen LogP contribution < -0.4 is 0 Å². The first-order valence-corrected chi connectivity index (χ1v) is 8.77. The first-order chi connectivity index (χ1) is 12.6. The van der Waals surface area contributed by atoms with Crippen molar-refractivity contribution < 1.29 is 9.50 Å². The van der Waals surface area contributed by atoms with Crippen molar-refractivity contribution in [3.8, 4) is 11.7 Å². The molecule has 1 unspecified atom stereocenters. The zero-order valence-corrected chi connectivity index (χ0v) is 15.9. The van der Waals surface area contributed by atoms with Gasteiger partial charge in [0, 0.05) is 24.3 Å². The summed E-state index contributed by atoms with van der Waals surface area (Å²) >= 11 is 0. The minimum absolute atomic E-state index is 0. The van der Waals surface area contributed by atoms with Crippen LogP contribution in [-0.4, -0.2) is 37.9 Å². The van der Waals surface area contributed by atoms with Crippen molar-refractivity contribution in [3.63, 3.8) is 0 Å². The second-order valence-electron chi connectivity index (χ2n) is 6.79. The topological polar surface area (TPSA) is 54.2 Å². The van der Waals surface area contributed by atoms with Crippen LogP contribution in [0, 0.1) is 5.82 Å². The molecule has 1 aliphatic rings. The smallest absolute Gasteiger partial charge is 0.219 e. The minimum atomic E-state index is -0.212. The van der Waals surface area contributed by atoms with E-state index in [2.05, 4.69) is 15.0 Å². The van der Waals surface area contributed by atoms with Gasteiger partial charge in [-0.25, -0.2) is 9.37 Å². The molecule has 0 spiro atoms. The lowest BCUT2D eigenvalue weighted by atomic mass is 9.92. The van der Waals surface area contributed by atoms with Crippen molar-refractivity contribution >= 4 is 12.4 Å². The molecule has 1 aromatic carbocycles. The predicted octanol–water partition coefficient (Wildman–Crippen LogP) is 3.52. The normalized spacial score (nSPS) is 16.0. The summed E-state index contributed by atoms with van der Waals surface area (Å²) in [6.07, 6.45) is 4.17. The maximum Gasteiger partial charge on any atom is 0.219 e. The van der Waals surface area contributed by atoms with Crippen molar-refractivity contribution in [2.75, 3.05) is 7.05 Å². The van der Waals surface area contributed by atoms with Crippen LogP contribution in [0.25, 0.3) is 5.82 Å². The molecule has 0 radical (unpaired) electrons. The Morgan fingerprint density at radius 1 is 1.26 bits per heavy atom. The van der Waals surface area contributed by atoms with E-state index in [1.165, 1.54) is 10.7 Å². The summed E-state index contributed by atoms with van der Waals surface area (Å²) in [6.45, 7) is 0.674. The lowest BCUT2D eigenvalue weighted by Gasteiger charge is -2.30. The summed E-state index contributed by atoms with van der Waals surface area (Å²) in [4.78, 5) is 6.48. The molecule has 1 N–H and O–H groups in total. The Hall–Kier alpha value is -2.44. The number of rotatable bonds is 4. The van der Waals surface area contributed by atoms with Crippen molar-refractivity contribution in [2.45, 2.75) is 31.8 Å². The molecule has 2 heterocycles. The number of pyridine rings is 1. The van der Waals surface area contributed by atoms with Crippen LogP contribution in [-0.2, 0) is 19.4 Å². The van der Waals surface area contributed by atoms with E-state index in [1.807, 2.05) is 31.3 Å². The third-order valence-corrected chi connectivity index (χ3v) is 5.00. The fourth-order valence-corrected chi connectivity index (χ4v) is 3.60. The summed E-state index contributed by atoms with van der Waals surface area (Å²) in [5.74, 6) is 0.572. The second kappa shape index (κ2) is 8.06. The van der Waals surface area contributed by atoms with Crippen LogP contribution in [0.3, 0.4) is 0 Å². The summed E-state index contributed by atoms with van der Waals surface area (Å²) < 4.78 is 14.9. The van der Waals surface area contributed by atoms with Gasteiger partial charge in [-0.1, -0.05) is 18.2 Å². The average molecular weight is 389 g/mol. The molecule has 7 heteroatoms. The summed E-state index contributed by atoms with van der Waals surface area (Å²) in [6, 6.07) is 12.5. The molecular formula is C20H22ClFN4O. The Morgan fingerprint density at radius 3 is 2.85 bits per heavy atom.